The van der Waals surface area contributed by atoms with E-state index in [9.17, 15) is 4.79 Å². The van der Waals surface area contributed by atoms with Gasteiger partial charge < -0.3 is 15.4 Å². The monoisotopic (exact) mass is 340 g/mol. The van der Waals surface area contributed by atoms with Crippen LogP contribution in [0.5, 0.6) is 0 Å². The summed E-state index contributed by atoms with van der Waals surface area (Å²) in [6.45, 7) is 5.34. The van der Waals surface area contributed by atoms with Gasteiger partial charge in [-0.25, -0.2) is 9.97 Å². The fourth-order valence-corrected chi connectivity index (χ4v) is 2.73. The van der Waals surface area contributed by atoms with Crippen molar-refractivity contribution in [1.29, 1.82) is 0 Å². The van der Waals surface area contributed by atoms with E-state index in [1.54, 1.807) is 6.07 Å². The molecular weight excluding hydrogens is 316 g/mol. The molecule has 25 heavy (non-hydrogen) atoms. The molecule has 1 saturated heterocycles. The van der Waals surface area contributed by atoms with Crippen LogP contribution in [-0.2, 0) is 4.74 Å². The van der Waals surface area contributed by atoms with Crippen LogP contribution in [-0.4, -0.2) is 41.2 Å². The molecule has 6 heteroatoms. The maximum Gasteiger partial charge on any atom is 0.270 e. The molecule has 1 fully saturated rings. The van der Waals surface area contributed by atoms with Gasteiger partial charge in [-0.05, 0) is 26.7 Å². The molecular formula is C19H24N4O2. The fraction of sp³-hybridized carbons (Fsp3) is 0.421. The molecule has 132 valence electrons. The Kier molecular flexibility index (Phi) is 5.60. The number of anilines is 1. The lowest BCUT2D eigenvalue weighted by Gasteiger charge is -2.14. The summed E-state index contributed by atoms with van der Waals surface area (Å²) in [5.41, 5.74) is 1.24. The van der Waals surface area contributed by atoms with Crippen molar-refractivity contribution in [3.63, 3.8) is 0 Å². The van der Waals surface area contributed by atoms with E-state index in [-0.39, 0.29) is 18.1 Å². The maximum atomic E-state index is 12.4. The fourth-order valence-electron chi connectivity index (χ4n) is 2.73. The molecule has 2 N–H and O–H groups in total. The molecule has 1 aliphatic rings. The zero-order chi connectivity index (χ0) is 17.6. The number of ether oxygens (including phenoxy) is 1. The van der Waals surface area contributed by atoms with Gasteiger partial charge in [0.25, 0.3) is 5.91 Å². The number of carbonyl (C=O) groups excluding carboxylic acids is 1. The molecule has 0 aliphatic carbocycles. The van der Waals surface area contributed by atoms with E-state index in [0.717, 1.165) is 25.0 Å². The van der Waals surface area contributed by atoms with Crippen molar-refractivity contribution in [2.45, 2.75) is 38.8 Å². The van der Waals surface area contributed by atoms with E-state index in [1.165, 1.54) is 0 Å². The van der Waals surface area contributed by atoms with Crippen molar-refractivity contribution < 1.29 is 9.53 Å². The molecule has 1 unspecified atom stereocenters. The Morgan fingerprint density at radius 3 is 2.76 bits per heavy atom. The molecule has 0 saturated carbocycles. The Bertz CT molecular complexity index is 713. The Labute approximate surface area is 148 Å². The second kappa shape index (κ2) is 8.07. The summed E-state index contributed by atoms with van der Waals surface area (Å²) >= 11 is 0. The van der Waals surface area contributed by atoms with E-state index in [4.69, 9.17) is 4.74 Å². The number of nitrogens with zero attached hydrogens (tertiary/aromatic N) is 2. The number of amides is 1. The first-order chi connectivity index (χ1) is 12.1. The maximum absolute atomic E-state index is 12.4. The average Bonchev–Trinajstić information content (AvgIpc) is 3.13. The van der Waals surface area contributed by atoms with Gasteiger partial charge >= 0.3 is 0 Å². The highest BCUT2D eigenvalue weighted by atomic mass is 16.5. The Morgan fingerprint density at radius 1 is 1.28 bits per heavy atom. The van der Waals surface area contributed by atoms with Crippen LogP contribution in [0.15, 0.2) is 36.4 Å². The molecule has 1 aliphatic heterocycles. The summed E-state index contributed by atoms with van der Waals surface area (Å²) in [6.07, 6.45) is 2.33. The van der Waals surface area contributed by atoms with Gasteiger partial charge in [0.1, 0.15) is 11.5 Å². The number of carbonyl (C=O) groups is 1. The first kappa shape index (κ1) is 17.4. The lowest BCUT2D eigenvalue weighted by Crippen LogP contribution is -2.31. The third kappa shape index (κ3) is 4.76. The second-order valence-electron chi connectivity index (χ2n) is 6.47. The predicted octanol–water partition coefficient (Wildman–Crippen LogP) is 2.87. The number of aromatic nitrogens is 2. The first-order valence-electron chi connectivity index (χ1n) is 8.72. The minimum atomic E-state index is -0.199. The van der Waals surface area contributed by atoms with Gasteiger partial charge in [0.05, 0.1) is 6.10 Å². The van der Waals surface area contributed by atoms with Gasteiger partial charge in [0.15, 0.2) is 5.82 Å². The molecule has 0 spiro atoms. The number of benzene rings is 1. The van der Waals surface area contributed by atoms with Crippen LogP contribution in [0.4, 0.5) is 5.82 Å². The van der Waals surface area contributed by atoms with Gasteiger partial charge in [-0.15, -0.1) is 0 Å². The van der Waals surface area contributed by atoms with Crippen LogP contribution in [0, 0.1) is 0 Å². The lowest BCUT2D eigenvalue weighted by molar-refractivity contribution is 0.0938. The summed E-state index contributed by atoms with van der Waals surface area (Å²) in [7, 11) is 0. The summed E-state index contributed by atoms with van der Waals surface area (Å²) in [6, 6.07) is 11.4. The van der Waals surface area contributed by atoms with Crippen molar-refractivity contribution in [3.05, 3.63) is 42.1 Å². The predicted molar refractivity (Wildman–Crippen MR) is 97.5 cm³/mol. The van der Waals surface area contributed by atoms with Crippen molar-refractivity contribution in [3.8, 4) is 11.4 Å². The zero-order valence-corrected chi connectivity index (χ0v) is 14.7. The van der Waals surface area contributed by atoms with Gasteiger partial charge in [-0.2, -0.15) is 0 Å². The Balaban J connectivity index is 1.86. The zero-order valence-electron chi connectivity index (χ0n) is 14.7. The number of rotatable bonds is 6. The first-order valence-corrected chi connectivity index (χ1v) is 8.72. The minimum absolute atomic E-state index is 0.0472. The quantitative estimate of drug-likeness (QED) is 0.846. The molecule has 6 nitrogen and oxygen atoms in total. The SMILES string of the molecule is CC(C)NC(=O)c1cc(NCC2CCCO2)nc(-c2ccccc2)n1. The molecule has 1 aromatic carbocycles. The smallest absolute Gasteiger partial charge is 0.270 e. The Morgan fingerprint density at radius 2 is 2.08 bits per heavy atom. The third-order valence-corrected chi connectivity index (χ3v) is 3.95. The van der Waals surface area contributed by atoms with Crippen molar-refractivity contribution in [2.24, 2.45) is 0 Å². The molecule has 1 aromatic heterocycles. The molecule has 0 bridgehead atoms. The van der Waals surface area contributed by atoms with E-state index >= 15 is 0 Å². The highest BCUT2D eigenvalue weighted by Crippen LogP contribution is 2.19. The third-order valence-electron chi connectivity index (χ3n) is 3.95. The van der Waals surface area contributed by atoms with Crippen molar-refractivity contribution >= 4 is 11.7 Å². The summed E-state index contributed by atoms with van der Waals surface area (Å²) in [5, 5.41) is 6.17. The van der Waals surface area contributed by atoms with Gasteiger partial charge in [-0.3, -0.25) is 4.79 Å². The molecule has 2 heterocycles. The molecule has 3 rings (SSSR count). The van der Waals surface area contributed by atoms with Crippen molar-refractivity contribution in [1.82, 2.24) is 15.3 Å². The topological polar surface area (TPSA) is 76.1 Å². The highest BCUT2D eigenvalue weighted by Gasteiger charge is 2.17. The summed E-state index contributed by atoms with van der Waals surface area (Å²) in [5.74, 6) is 0.972. The van der Waals surface area contributed by atoms with Crippen LogP contribution < -0.4 is 10.6 Å². The van der Waals surface area contributed by atoms with Gasteiger partial charge in [-0.1, -0.05) is 30.3 Å². The number of nitrogens with one attached hydrogen (secondary N) is 2. The van der Waals surface area contributed by atoms with Crippen LogP contribution >= 0.6 is 0 Å². The molecule has 0 radical (unpaired) electrons. The minimum Gasteiger partial charge on any atom is -0.376 e. The van der Waals surface area contributed by atoms with Crippen LogP contribution in [0.2, 0.25) is 0 Å². The number of hydrogen-bond acceptors (Lipinski definition) is 5. The second-order valence-corrected chi connectivity index (χ2v) is 6.47. The standard InChI is InChI=1S/C19H24N4O2/c1-13(2)21-19(24)16-11-17(20-12-15-9-6-10-25-15)23-18(22-16)14-7-4-3-5-8-14/h3-5,7-8,11,13,15H,6,9-10,12H2,1-2H3,(H,21,24)(H,20,22,23). The summed E-state index contributed by atoms with van der Waals surface area (Å²) < 4.78 is 5.63. The molecule has 1 atom stereocenters. The van der Waals surface area contributed by atoms with Crippen molar-refractivity contribution in [2.75, 3.05) is 18.5 Å². The highest BCUT2D eigenvalue weighted by molar-refractivity contribution is 5.93. The molecule has 1 amide bonds. The lowest BCUT2D eigenvalue weighted by atomic mass is 10.2. The van der Waals surface area contributed by atoms with Crippen LogP contribution in [0.3, 0.4) is 0 Å². The van der Waals surface area contributed by atoms with E-state index < -0.39 is 0 Å². The average molecular weight is 340 g/mol. The van der Waals surface area contributed by atoms with E-state index in [2.05, 4.69) is 20.6 Å². The van der Waals surface area contributed by atoms with Gasteiger partial charge in [0.2, 0.25) is 0 Å². The molecule has 2 aromatic rings. The largest absolute Gasteiger partial charge is 0.376 e. The van der Waals surface area contributed by atoms with Crippen LogP contribution in [0.1, 0.15) is 37.2 Å². The number of hydrogen-bond donors (Lipinski definition) is 2. The van der Waals surface area contributed by atoms with Gasteiger partial charge in [0, 0.05) is 30.8 Å². The van der Waals surface area contributed by atoms with E-state index in [0.29, 0.717) is 23.9 Å². The van der Waals surface area contributed by atoms with Crippen LogP contribution in [0.25, 0.3) is 11.4 Å². The Hall–Kier alpha value is -2.47. The normalized spacial score (nSPS) is 16.8. The van der Waals surface area contributed by atoms with E-state index in [1.807, 2.05) is 44.2 Å². The summed E-state index contributed by atoms with van der Waals surface area (Å²) in [4.78, 5) is 21.4.